The highest BCUT2D eigenvalue weighted by Gasteiger charge is 2.28. The molecule has 0 bridgehead atoms. The van der Waals surface area contributed by atoms with Gasteiger partial charge in [0.2, 0.25) is 0 Å². The number of rotatable bonds is 4. The molecule has 1 saturated heterocycles. The van der Waals surface area contributed by atoms with Crippen molar-refractivity contribution in [3.63, 3.8) is 0 Å². The third kappa shape index (κ3) is 3.09. The van der Waals surface area contributed by atoms with Crippen molar-refractivity contribution in [3.8, 4) is 0 Å². The zero-order valence-corrected chi connectivity index (χ0v) is 11.9. The maximum Gasteiger partial charge on any atom is 0.0967 e. The lowest BCUT2D eigenvalue weighted by molar-refractivity contribution is 0.102. The Bertz CT molecular complexity index is 373. The Balaban J connectivity index is 2.02. The molecule has 1 aliphatic rings. The van der Waals surface area contributed by atoms with Crippen LogP contribution < -0.4 is 5.32 Å². The van der Waals surface area contributed by atoms with E-state index in [4.69, 9.17) is 0 Å². The molecule has 0 amide bonds. The van der Waals surface area contributed by atoms with Crippen LogP contribution in [0.4, 0.5) is 0 Å². The van der Waals surface area contributed by atoms with Crippen LogP contribution >= 0.6 is 0 Å². The van der Waals surface area contributed by atoms with Crippen LogP contribution in [0.3, 0.4) is 0 Å². The van der Waals surface area contributed by atoms with Crippen LogP contribution in [0.5, 0.6) is 0 Å². The van der Waals surface area contributed by atoms with E-state index < -0.39 is 0 Å². The highest BCUT2D eigenvalue weighted by molar-refractivity contribution is 4.96. The van der Waals surface area contributed by atoms with E-state index in [9.17, 15) is 0 Å². The van der Waals surface area contributed by atoms with E-state index in [0.717, 1.165) is 25.3 Å². The van der Waals surface area contributed by atoms with E-state index in [0.29, 0.717) is 18.0 Å². The van der Waals surface area contributed by atoms with Gasteiger partial charge in [0.25, 0.3) is 0 Å². The summed E-state index contributed by atoms with van der Waals surface area (Å²) >= 11 is 0. The van der Waals surface area contributed by atoms with Crippen molar-refractivity contribution in [2.45, 2.75) is 45.8 Å². The highest BCUT2D eigenvalue weighted by atomic mass is 15.4. The smallest absolute Gasteiger partial charge is 0.0967 e. The largest absolute Gasteiger partial charge is 0.311 e. The van der Waals surface area contributed by atoms with Gasteiger partial charge in [-0.1, -0.05) is 26.0 Å². The normalized spacial score (nSPS) is 25.8. The molecule has 2 rings (SSSR count). The Labute approximate surface area is 110 Å². The zero-order chi connectivity index (χ0) is 13.1. The lowest BCUT2D eigenvalue weighted by Gasteiger charge is -2.41. The van der Waals surface area contributed by atoms with Gasteiger partial charge in [0.05, 0.1) is 5.69 Å². The Morgan fingerprint density at radius 2 is 2.28 bits per heavy atom. The minimum absolute atomic E-state index is 0.587. The summed E-state index contributed by atoms with van der Waals surface area (Å²) in [5, 5.41) is 11.9. The topological polar surface area (TPSA) is 46.0 Å². The first-order chi connectivity index (χ1) is 8.60. The number of piperazine rings is 1. The Morgan fingerprint density at radius 3 is 2.83 bits per heavy atom. The second-order valence-corrected chi connectivity index (χ2v) is 5.63. The minimum atomic E-state index is 0.587. The van der Waals surface area contributed by atoms with Crippen LogP contribution in [0.25, 0.3) is 0 Å². The number of aryl methyl sites for hydroxylation is 1. The van der Waals surface area contributed by atoms with Gasteiger partial charge in [0.1, 0.15) is 0 Å². The summed E-state index contributed by atoms with van der Waals surface area (Å²) in [4.78, 5) is 2.55. The van der Waals surface area contributed by atoms with Crippen LogP contribution in [0.2, 0.25) is 0 Å². The average Bonchev–Trinajstić information content (AvgIpc) is 2.74. The lowest BCUT2D eigenvalue weighted by atomic mass is 9.98. The molecular formula is C13H25N5. The molecule has 0 aliphatic carbocycles. The van der Waals surface area contributed by atoms with Gasteiger partial charge < -0.3 is 5.32 Å². The Hall–Kier alpha value is -0.940. The summed E-state index contributed by atoms with van der Waals surface area (Å²) in [6.45, 7) is 9.92. The van der Waals surface area contributed by atoms with E-state index in [1.807, 2.05) is 13.2 Å². The van der Waals surface area contributed by atoms with Crippen molar-refractivity contribution in [2.75, 3.05) is 13.1 Å². The van der Waals surface area contributed by atoms with E-state index in [1.54, 1.807) is 4.68 Å². The number of hydrogen-bond donors (Lipinski definition) is 1. The molecule has 5 heteroatoms. The summed E-state index contributed by atoms with van der Waals surface area (Å²) in [6.07, 6.45) is 3.19. The highest BCUT2D eigenvalue weighted by Crippen LogP contribution is 2.17. The second kappa shape index (κ2) is 5.80. The van der Waals surface area contributed by atoms with E-state index in [-0.39, 0.29) is 0 Å². The van der Waals surface area contributed by atoms with E-state index in [2.05, 4.69) is 41.3 Å². The Kier molecular flexibility index (Phi) is 4.35. The van der Waals surface area contributed by atoms with Gasteiger partial charge in [-0.05, 0) is 12.3 Å². The molecular weight excluding hydrogens is 226 g/mol. The summed E-state index contributed by atoms with van der Waals surface area (Å²) < 4.78 is 1.78. The molecule has 2 unspecified atom stereocenters. The summed E-state index contributed by atoms with van der Waals surface area (Å²) in [5.41, 5.74) is 1.07. The van der Waals surface area contributed by atoms with E-state index >= 15 is 0 Å². The molecule has 1 aliphatic heterocycles. The Morgan fingerprint density at radius 1 is 1.50 bits per heavy atom. The van der Waals surface area contributed by atoms with Gasteiger partial charge in [-0.25, -0.2) is 0 Å². The summed E-state index contributed by atoms with van der Waals surface area (Å²) in [7, 11) is 1.92. The fourth-order valence-corrected chi connectivity index (χ4v) is 2.60. The summed E-state index contributed by atoms with van der Waals surface area (Å²) in [6, 6.07) is 1.20. The van der Waals surface area contributed by atoms with Crippen LogP contribution in [0, 0.1) is 5.92 Å². The van der Waals surface area contributed by atoms with Gasteiger partial charge in [-0.15, -0.1) is 5.10 Å². The fraction of sp³-hybridized carbons (Fsp3) is 0.846. The molecule has 2 heterocycles. The van der Waals surface area contributed by atoms with Crippen LogP contribution in [0.1, 0.15) is 32.9 Å². The minimum Gasteiger partial charge on any atom is -0.311 e. The van der Waals surface area contributed by atoms with Gasteiger partial charge in [-0.3, -0.25) is 9.58 Å². The van der Waals surface area contributed by atoms with Crippen molar-refractivity contribution < 1.29 is 0 Å². The second-order valence-electron chi connectivity index (χ2n) is 5.63. The first-order valence-corrected chi connectivity index (χ1v) is 6.92. The number of nitrogens with zero attached hydrogens (tertiary/aromatic N) is 4. The molecule has 2 atom stereocenters. The molecule has 0 spiro atoms. The first-order valence-electron chi connectivity index (χ1n) is 6.92. The van der Waals surface area contributed by atoms with Crippen LogP contribution in [-0.2, 0) is 13.6 Å². The predicted octanol–water partition coefficient (Wildman–Crippen LogP) is 1.02. The molecule has 102 valence electrons. The molecule has 5 nitrogen and oxygen atoms in total. The first kappa shape index (κ1) is 13.5. The number of hydrogen-bond acceptors (Lipinski definition) is 4. The third-order valence-electron chi connectivity index (χ3n) is 3.85. The maximum atomic E-state index is 4.20. The third-order valence-corrected chi connectivity index (χ3v) is 3.85. The molecule has 0 saturated carbocycles. The average molecular weight is 251 g/mol. The van der Waals surface area contributed by atoms with Gasteiger partial charge >= 0.3 is 0 Å². The van der Waals surface area contributed by atoms with Crippen LogP contribution in [0.15, 0.2) is 6.20 Å². The number of nitrogens with one attached hydrogen (secondary N) is 1. The number of aromatic nitrogens is 3. The van der Waals surface area contributed by atoms with Crippen molar-refractivity contribution in [1.29, 1.82) is 0 Å². The van der Waals surface area contributed by atoms with E-state index in [1.165, 1.54) is 6.42 Å². The summed E-state index contributed by atoms with van der Waals surface area (Å²) in [5.74, 6) is 0.673. The molecule has 0 aromatic carbocycles. The molecule has 1 N–H and O–H groups in total. The predicted molar refractivity (Wildman–Crippen MR) is 72.1 cm³/mol. The van der Waals surface area contributed by atoms with Gasteiger partial charge in [-0.2, -0.15) is 0 Å². The van der Waals surface area contributed by atoms with Crippen molar-refractivity contribution in [1.82, 2.24) is 25.2 Å². The standard InChI is InChI=1S/C13H25N5/c1-5-12-6-14-13(10(2)3)9-18(12)8-11-7-17(4)16-15-11/h7,10,12-14H,5-6,8-9H2,1-4H3. The zero-order valence-electron chi connectivity index (χ0n) is 11.9. The maximum absolute atomic E-state index is 4.20. The lowest BCUT2D eigenvalue weighted by Crippen LogP contribution is -2.57. The van der Waals surface area contributed by atoms with Gasteiger partial charge in [0, 0.05) is 45.0 Å². The molecule has 0 radical (unpaired) electrons. The van der Waals surface area contributed by atoms with Crippen molar-refractivity contribution in [3.05, 3.63) is 11.9 Å². The SMILES string of the molecule is CCC1CNC(C(C)C)CN1Cc1cn(C)nn1. The molecule has 1 aromatic rings. The molecule has 18 heavy (non-hydrogen) atoms. The fourth-order valence-electron chi connectivity index (χ4n) is 2.60. The van der Waals surface area contributed by atoms with Crippen molar-refractivity contribution in [2.24, 2.45) is 13.0 Å². The quantitative estimate of drug-likeness (QED) is 0.868. The monoisotopic (exact) mass is 251 g/mol. The van der Waals surface area contributed by atoms with Crippen molar-refractivity contribution >= 4 is 0 Å². The molecule has 1 fully saturated rings. The molecule has 1 aromatic heterocycles. The van der Waals surface area contributed by atoms with Crippen LogP contribution in [-0.4, -0.2) is 45.1 Å². The van der Waals surface area contributed by atoms with Gasteiger partial charge in [0.15, 0.2) is 0 Å².